The first kappa shape index (κ1) is 14.4. The first-order valence-corrected chi connectivity index (χ1v) is 5.50. The Balaban J connectivity index is 4.46. The van der Waals surface area contributed by atoms with Crippen molar-refractivity contribution in [3.05, 3.63) is 0 Å². The predicted molar refractivity (Wildman–Crippen MR) is 61.8 cm³/mol. The van der Waals surface area contributed by atoms with Crippen LogP contribution in [0.1, 0.15) is 41.0 Å². The molecule has 0 aromatic carbocycles. The maximum Gasteiger partial charge on any atom is 0.323 e. The second-order valence-corrected chi connectivity index (χ2v) is 4.70. The fraction of sp³-hybridized carbons (Fsp3) is 0.909. The molecule has 3 N–H and O–H groups in total. The van der Waals surface area contributed by atoms with Gasteiger partial charge in [-0.2, -0.15) is 0 Å². The van der Waals surface area contributed by atoms with Gasteiger partial charge < -0.3 is 10.8 Å². The van der Waals surface area contributed by atoms with E-state index in [2.05, 4.69) is 25.7 Å². The number of nitrogens with two attached hydrogens (primary N) is 1. The zero-order valence-corrected chi connectivity index (χ0v) is 10.4. The van der Waals surface area contributed by atoms with Gasteiger partial charge in [0.05, 0.1) is 0 Å². The van der Waals surface area contributed by atoms with Crippen molar-refractivity contribution in [2.24, 2.45) is 5.73 Å². The Kier molecular flexibility index (Phi) is 5.24. The lowest BCUT2D eigenvalue weighted by Crippen LogP contribution is -2.51. The van der Waals surface area contributed by atoms with E-state index in [1.165, 1.54) is 0 Å². The van der Waals surface area contributed by atoms with E-state index in [1.54, 1.807) is 6.92 Å². The molecule has 0 radical (unpaired) electrons. The van der Waals surface area contributed by atoms with Crippen LogP contribution < -0.4 is 5.73 Å². The van der Waals surface area contributed by atoms with Gasteiger partial charge in [-0.05, 0) is 40.7 Å². The van der Waals surface area contributed by atoms with E-state index in [4.69, 9.17) is 10.8 Å². The molecule has 0 aliphatic carbocycles. The Morgan fingerprint density at radius 1 is 1.47 bits per heavy atom. The number of carbonyl (C=O) groups is 1. The van der Waals surface area contributed by atoms with E-state index in [0.29, 0.717) is 12.5 Å². The van der Waals surface area contributed by atoms with E-state index in [0.717, 1.165) is 6.54 Å². The first-order chi connectivity index (χ1) is 6.72. The van der Waals surface area contributed by atoms with Crippen LogP contribution in [0.15, 0.2) is 0 Å². The van der Waals surface area contributed by atoms with Gasteiger partial charge >= 0.3 is 5.97 Å². The van der Waals surface area contributed by atoms with Crippen LogP contribution >= 0.6 is 0 Å². The third kappa shape index (κ3) is 4.18. The molecule has 0 heterocycles. The maximum atomic E-state index is 10.9. The van der Waals surface area contributed by atoms with Crippen LogP contribution in [-0.4, -0.2) is 40.1 Å². The SMILES string of the molecule is CCN(C(C)C)C(C)CC(C)(N)C(=O)O. The molecule has 0 amide bonds. The quantitative estimate of drug-likeness (QED) is 0.702. The van der Waals surface area contributed by atoms with Crippen molar-refractivity contribution in [3.8, 4) is 0 Å². The highest BCUT2D eigenvalue weighted by Crippen LogP contribution is 2.16. The van der Waals surface area contributed by atoms with Crippen molar-refractivity contribution in [1.29, 1.82) is 0 Å². The molecule has 0 aliphatic heterocycles. The van der Waals surface area contributed by atoms with Gasteiger partial charge in [-0.3, -0.25) is 9.69 Å². The highest BCUT2D eigenvalue weighted by atomic mass is 16.4. The number of hydrogen-bond donors (Lipinski definition) is 2. The minimum atomic E-state index is -1.14. The maximum absolute atomic E-state index is 10.9. The summed E-state index contributed by atoms with van der Waals surface area (Å²) in [4.78, 5) is 13.1. The molecule has 0 aromatic rings. The van der Waals surface area contributed by atoms with Gasteiger partial charge in [0.1, 0.15) is 5.54 Å². The van der Waals surface area contributed by atoms with Crippen molar-refractivity contribution in [3.63, 3.8) is 0 Å². The number of nitrogens with zero attached hydrogens (tertiary/aromatic N) is 1. The lowest BCUT2D eigenvalue weighted by Gasteiger charge is -2.35. The first-order valence-electron chi connectivity index (χ1n) is 5.50. The average Bonchev–Trinajstić information content (AvgIpc) is 2.02. The standard InChI is InChI=1S/C11H24N2O2/c1-6-13(8(2)3)9(4)7-11(5,12)10(14)15/h8-9H,6-7,12H2,1-5H3,(H,14,15). The highest BCUT2D eigenvalue weighted by Gasteiger charge is 2.32. The molecule has 0 fully saturated rings. The summed E-state index contributed by atoms with van der Waals surface area (Å²) in [5, 5.41) is 8.94. The monoisotopic (exact) mass is 216 g/mol. The van der Waals surface area contributed by atoms with E-state index in [1.807, 2.05) is 6.92 Å². The molecule has 2 atom stereocenters. The molecule has 0 aliphatic rings. The van der Waals surface area contributed by atoms with Crippen LogP contribution in [0.5, 0.6) is 0 Å². The molecular weight excluding hydrogens is 192 g/mol. The van der Waals surface area contributed by atoms with E-state index >= 15 is 0 Å². The van der Waals surface area contributed by atoms with Crippen LogP contribution in [0.25, 0.3) is 0 Å². The molecule has 0 rings (SSSR count). The fourth-order valence-corrected chi connectivity index (χ4v) is 2.00. The summed E-state index contributed by atoms with van der Waals surface area (Å²) in [7, 11) is 0. The molecule has 0 saturated carbocycles. The Morgan fingerprint density at radius 3 is 2.20 bits per heavy atom. The average molecular weight is 216 g/mol. The van der Waals surface area contributed by atoms with Gasteiger partial charge in [-0.1, -0.05) is 6.92 Å². The third-order valence-electron chi connectivity index (χ3n) is 2.80. The van der Waals surface area contributed by atoms with Crippen molar-refractivity contribution in [1.82, 2.24) is 4.90 Å². The number of carboxylic acid groups (broad SMARTS) is 1. The van der Waals surface area contributed by atoms with Gasteiger partial charge in [-0.15, -0.1) is 0 Å². The van der Waals surface area contributed by atoms with Crippen molar-refractivity contribution >= 4 is 5.97 Å². The molecular formula is C11H24N2O2. The van der Waals surface area contributed by atoms with Crippen LogP contribution in [0, 0.1) is 0 Å². The van der Waals surface area contributed by atoms with Gasteiger partial charge in [0, 0.05) is 12.1 Å². The summed E-state index contributed by atoms with van der Waals surface area (Å²) in [5.74, 6) is -0.936. The van der Waals surface area contributed by atoms with Crippen molar-refractivity contribution in [2.75, 3.05) is 6.54 Å². The summed E-state index contributed by atoms with van der Waals surface area (Å²) in [6, 6.07) is 0.593. The van der Waals surface area contributed by atoms with Gasteiger partial charge in [0.15, 0.2) is 0 Å². The van der Waals surface area contributed by atoms with Gasteiger partial charge in [-0.25, -0.2) is 0 Å². The van der Waals surface area contributed by atoms with Gasteiger partial charge in [0.2, 0.25) is 0 Å². The Labute approximate surface area is 92.4 Å². The summed E-state index contributed by atoms with van der Waals surface area (Å²) in [5.41, 5.74) is 4.59. The topological polar surface area (TPSA) is 66.6 Å². The van der Waals surface area contributed by atoms with E-state index < -0.39 is 11.5 Å². The molecule has 2 unspecified atom stereocenters. The minimum absolute atomic E-state index is 0.182. The number of carboxylic acids is 1. The van der Waals surface area contributed by atoms with E-state index in [9.17, 15) is 4.79 Å². The summed E-state index contributed by atoms with van der Waals surface area (Å²) < 4.78 is 0. The molecule has 90 valence electrons. The van der Waals surface area contributed by atoms with Crippen molar-refractivity contribution in [2.45, 2.75) is 58.7 Å². The largest absolute Gasteiger partial charge is 0.480 e. The Morgan fingerprint density at radius 2 is 1.93 bits per heavy atom. The summed E-state index contributed by atoms with van der Waals surface area (Å²) in [6.07, 6.45) is 0.467. The second-order valence-electron chi connectivity index (χ2n) is 4.70. The highest BCUT2D eigenvalue weighted by molar-refractivity contribution is 5.77. The number of rotatable bonds is 6. The van der Waals surface area contributed by atoms with Crippen molar-refractivity contribution < 1.29 is 9.90 Å². The number of aliphatic carboxylic acids is 1. The Bertz CT molecular complexity index is 215. The molecule has 15 heavy (non-hydrogen) atoms. The lowest BCUT2D eigenvalue weighted by molar-refractivity contribution is -0.143. The summed E-state index contributed by atoms with van der Waals surface area (Å²) in [6.45, 7) is 10.8. The van der Waals surface area contributed by atoms with Crippen LogP contribution in [0.3, 0.4) is 0 Å². The van der Waals surface area contributed by atoms with Crippen LogP contribution in [0.2, 0.25) is 0 Å². The zero-order chi connectivity index (χ0) is 12.2. The minimum Gasteiger partial charge on any atom is -0.480 e. The summed E-state index contributed by atoms with van der Waals surface area (Å²) >= 11 is 0. The molecule has 0 bridgehead atoms. The second kappa shape index (κ2) is 5.47. The Hall–Kier alpha value is -0.610. The zero-order valence-electron chi connectivity index (χ0n) is 10.4. The van der Waals surface area contributed by atoms with Crippen LogP contribution in [0.4, 0.5) is 0 Å². The normalized spacial score (nSPS) is 17.9. The molecule has 0 spiro atoms. The van der Waals surface area contributed by atoms with Crippen LogP contribution in [-0.2, 0) is 4.79 Å². The predicted octanol–water partition coefficient (Wildman–Crippen LogP) is 1.30. The lowest BCUT2D eigenvalue weighted by atomic mass is 9.94. The number of hydrogen-bond acceptors (Lipinski definition) is 3. The molecule has 0 saturated heterocycles. The molecule has 4 heteroatoms. The fourth-order valence-electron chi connectivity index (χ4n) is 2.00. The molecule has 0 aromatic heterocycles. The smallest absolute Gasteiger partial charge is 0.323 e. The van der Waals surface area contributed by atoms with Gasteiger partial charge in [0.25, 0.3) is 0 Å². The molecule has 4 nitrogen and oxygen atoms in total. The van der Waals surface area contributed by atoms with E-state index in [-0.39, 0.29) is 6.04 Å². The third-order valence-corrected chi connectivity index (χ3v) is 2.80.